The van der Waals surface area contributed by atoms with Gasteiger partial charge in [0, 0.05) is 37.1 Å². The fraction of sp³-hybridized carbons (Fsp3) is 0.304. The number of carbonyl (C=O) groups excluding carboxylic acids is 2. The van der Waals surface area contributed by atoms with E-state index in [1.54, 1.807) is 6.07 Å². The minimum atomic E-state index is -0.207. The molecule has 1 aliphatic rings. The van der Waals surface area contributed by atoms with Crippen LogP contribution in [0.1, 0.15) is 46.4 Å². The maximum Gasteiger partial charge on any atom is 0.265 e. The lowest BCUT2D eigenvalue weighted by atomic mass is 10.0. The van der Waals surface area contributed by atoms with Crippen molar-refractivity contribution in [1.29, 1.82) is 0 Å². The minimum Gasteiger partial charge on any atom is -0.355 e. The van der Waals surface area contributed by atoms with Gasteiger partial charge < -0.3 is 9.84 Å². The first kappa shape index (κ1) is 21.7. The van der Waals surface area contributed by atoms with Crippen molar-refractivity contribution in [3.05, 3.63) is 71.1 Å². The number of carbonyl (C=O) groups is 2. The third-order valence-electron chi connectivity index (χ3n) is 5.21. The first-order valence-corrected chi connectivity index (χ1v) is 10.6. The summed E-state index contributed by atoms with van der Waals surface area (Å²) < 4.78 is 5.29. The van der Waals surface area contributed by atoms with E-state index < -0.39 is 0 Å². The number of aryl methyl sites for hydroxylation is 2. The molecule has 1 aliphatic heterocycles. The van der Waals surface area contributed by atoms with Gasteiger partial charge in [0.25, 0.3) is 5.91 Å². The molecule has 0 bridgehead atoms. The summed E-state index contributed by atoms with van der Waals surface area (Å²) in [6, 6.07) is 15.3. The Bertz CT molecular complexity index is 1080. The Morgan fingerprint density at radius 3 is 2.78 bits per heavy atom. The lowest BCUT2D eigenvalue weighted by Crippen LogP contribution is -2.51. The SMILES string of the molecule is Cc1ccc(-c2noc(CCCC(=O)NCCNC3NNC(=O)c4ccccc43)n2)cc1. The molecule has 3 aromatic rings. The maximum atomic E-state index is 12.1. The van der Waals surface area contributed by atoms with Gasteiger partial charge in [-0.1, -0.05) is 53.2 Å². The summed E-state index contributed by atoms with van der Waals surface area (Å²) in [6.45, 7) is 3.06. The molecule has 1 atom stereocenters. The van der Waals surface area contributed by atoms with Crippen molar-refractivity contribution < 1.29 is 14.1 Å². The average molecular weight is 435 g/mol. The molecule has 0 radical (unpaired) electrons. The summed E-state index contributed by atoms with van der Waals surface area (Å²) in [5.41, 5.74) is 9.17. The van der Waals surface area contributed by atoms with Crippen LogP contribution in [0.3, 0.4) is 0 Å². The smallest absolute Gasteiger partial charge is 0.265 e. The molecule has 32 heavy (non-hydrogen) atoms. The average Bonchev–Trinajstić information content (AvgIpc) is 3.27. The van der Waals surface area contributed by atoms with E-state index in [2.05, 4.69) is 31.6 Å². The van der Waals surface area contributed by atoms with Crippen LogP contribution in [0, 0.1) is 6.92 Å². The predicted molar refractivity (Wildman–Crippen MR) is 118 cm³/mol. The summed E-state index contributed by atoms with van der Waals surface area (Å²) in [4.78, 5) is 28.4. The molecule has 2 heterocycles. The van der Waals surface area contributed by atoms with Gasteiger partial charge in [-0.15, -0.1) is 0 Å². The number of hydrazine groups is 1. The zero-order valence-electron chi connectivity index (χ0n) is 17.9. The van der Waals surface area contributed by atoms with Gasteiger partial charge in [-0.05, 0) is 25.0 Å². The molecule has 166 valence electrons. The Labute approximate surface area is 186 Å². The van der Waals surface area contributed by atoms with Crippen molar-refractivity contribution in [3.63, 3.8) is 0 Å². The van der Waals surface area contributed by atoms with Crippen molar-refractivity contribution >= 4 is 11.8 Å². The molecule has 0 aliphatic carbocycles. The molecular weight excluding hydrogens is 408 g/mol. The van der Waals surface area contributed by atoms with Crippen molar-refractivity contribution in [2.24, 2.45) is 0 Å². The summed E-state index contributed by atoms with van der Waals surface area (Å²) in [7, 11) is 0. The van der Waals surface area contributed by atoms with E-state index in [0.29, 0.717) is 49.6 Å². The number of fused-ring (bicyclic) bond motifs is 1. The molecule has 0 fully saturated rings. The van der Waals surface area contributed by atoms with Crippen LogP contribution >= 0.6 is 0 Å². The Hall–Kier alpha value is -3.56. The fourth-order valence-electron chi connectivity index (χ4n) is 3.48. The van der Waals surface area contributed by atoms with E-state index in [1.165, 1.54) is 5.56 Å². The van der Waals surface area contributed by atoms with Crippen LogP contribution in [0.2, 0.25) is 0 Å². The van der Waals surface area contributed by atoms with Crippen LogP contribution in [0.4, 0.5) is 0 Å². The second-order valence-electron chi connectivity index (χ2n) is 7.65. The third-order valence-corrected chi connectivity index (χ3v) is 5.21. The van der Waals surface area contributed by atoms with Crippen molar-refractivity contribution in [1.82, 2.24) is 31.6 Å². The molecule has 4 rings (SSSR count). The number of aromatic nitrogens is 2. The second kappa shape index (κ2) is 10.2. The Balaban J connectivity index is 1.15. The molecule has 0 saturated heterocycles. The van der Waals surface area contributed by atoms with Crippen molar-refractivity contribution in [2.45, 2.75) is 32.4 Å². The topological polar surface area (TPSA) is 121 Å². The maximum absolute atomic E-state index is 12.1. The molecule has 0 spiro atoms. The molecule has 2 aromatic carbocycles. The lowest BCUT2D eigenvalue weighted by Gasteiger charge is -2.27. The van der Waals surface area contributed by atoms with E-state index in [-0.39, 0.29) is 18.0 Å². The molecule has 9 nitrogen and oxygen atoms in total. The minimum absolute atomic E-state index is 0.0321. The highest BCUT2D eigenvalue weighted by Crippen LogP contribution is 2.19. The molecular formula is C23H26N6O3. The molecule has 9 heteroatoms. The molecule has 1 unspecified atom stereocenters. The molecule has 1 aromatic heterocycles. The Morgan fingerprint density at radius 1 is 1.12 bits per heavy atom. The summed E-state index contributed by atoms with van der Waals surface area (Å²) in [6.07, 6.45) is 1.34. The van der Waals surface area contributed by atoms with E-state index in [1.807, 2.05) is 49.4 Å². The van der Waals surface area contributed by atoms with Gasteiger partial charge in [-0.25, -0.2) is 5.43 Å². The zero-order valence-corrected chi connectivity index (χ0v) is 17.9. The number of nitrogens with zero attached hydrogens (tertiary/aromatic N) is 2. The highest BCUT2D eigenvalue weighted by atomic mass is 16.5. The van der Waals surface area contributed by atoms with Crippen LogP contribution in [-0.2, 0) is 11.2 Å². The van der Waals surface area contributed by atoms with E-state index in [9.17, 15) is 9.59 Å². The Morgan fingerprint density at radius 2 is 1.94 bits per heavy atom. The summed E-state index contributed by atoms with van der Waals surface area (Å²) in [5, 5.41) is 10.2. The van der Waals surface area contributed by atoms with E-state index >= 15 is 0 Å². The van der Waals surface area contributed by atoms with Gasteiger partial charge in [0.05, 0.1) is 0 Å². The zero-order chi connectivity index (χ0) is 22.3. The fourth-order valence-corrected chi connectivity index (χ4v) is 3.48. The number of benzene rings is 2. The van der Waals surface area contributed by atoms with Crippen LogP contribution in [-0.4, -0.2) is 35.0 Å². The van der Waals surface area contributed by atoms with Crippen LogP contribution in [0.15, 0.2) is 53.1 Å². The first-order chi connectivity index (χ1) is 15.6. The molecule has 4 N–H and O–H groups in total. The normalized spacial score (nSPS) is 15.2. The van der Waals surface area contributed by atoms with Crippen molar-refractivity contribution in [3.8, 4) is 11.4 Å². The number of hydrogen-bond acceptors (Lipinski definition) is 7. The van der Waals surface area contributed by atoms with Gasteiger partial charge >= 0.3 is 0 Å². The summed E-state index contributed by atoms with van der Waals surface area (Å²) >= 11 is 0. The largest absolute Gasteiger partial charge is 0.355 e. The van der Waals surface area contributed by atoms with Gasteiger partial charge in [-0.3, -0.25) is 20.3 Å². The highest BCUT2D eigenvalue weighted by molar-refractivity contribution is 5.96. The summed E-state index contributed by atoms with van der Waals surface area (Å²) in [5.74, 6) is 0.901. The second-order valence-corrected chi connectivity index (χ2v) is 7.65. The van der Waals surface area contributed by atoms with Gasteiger partial charge in [0.1, 0.15) is 6.17 Å². The molecule has 0 saturated carbocycles. The van der Waals surface area contributed by atoms with Crippen LogP contribution in [0.25, 0.3) is 11.4 Å². The van der Waals surface area contributed by atoms with Gasteiger partial charge in [0.15, 0.2) is 0 Å². The van der Waals surface area contributed by atoms with Crippen molar-refractivity contribution in [2.75, 3.05) is 13.1 Å². The molecule has 2 amide bonds. The number of hydrogen-bond donors (Lipinski definition) is 4. The standard InChI is InChI=1S/C23H26N6O3/c1-15-9-11-16(12-10-15)21-26-20(32-29-21)8-4-7-19(30)24-13-14-25-22-17-5-2-3-6-18(17)23(31)28-27-22/h2-3,5-6,9-12,22,25,27H,4,7-8,13-14H2,1H3,(H,24,30)(H,28,31). The predicted octanol–water partition coefficient (Wildman–Crippen LogP) is 2.02. The van der Waals surface area contributed by atoms with E-state index in [0.717, 1.165) is 11.1 Å². The quantitative estimate of drug-likeness (QED) is 0.380. The third kappa shape index (κ3) is 5.37. The monoisotopic (exact) mass is 434 g/mol. The highest BCUT2D eigenvalue weighted by Gasteiger charge is 2.23. The van der Waals surface area contributed by atoms with Crippen LogP contribution in [0.5, 0.6) is 0 Å². The number of nitrogens with one attached hydrogen (secondary N) is 4. The lowest BCUT2D eigenvalue weighted by molar-refractivity contribution is -0.121. The Kier molecular flexibility index (Phi) is 6.88. The number of rotatable bonds is 9. The van der Waals surface area contributed by atoms with Crippen LogP contribution < -0.4 is 21.5 Å². The number of amides is 2. The van der Waals surface area contributed by atoms with E-state index in [4.69, 9.17) is 4.52 Å². The van der Waals surface area contributed by atoms with Gasteiger partial charge in [-0.2, -0.15) is 4.98 Å². The first-order valence-electron chi connectivity index (χ1n) is 10.6. The van der Waals surface area contributed by atoms with Gasteiger partial charge in [0.2, 0.25) is 17.6 Å².